The molecule has 0 aliphatic carbocycles. The first-order valence-corrected chi connectivity index (χ1v) is 10.1. The average Bonchev–Trinajstić information content (AvgIpc) is 3.45. The second-order valence-corrected chi connectivity index (χ2v) is 7.27. The lowest BCUT2D eigenvalue weighted by Crippen LogP contribution is -2.33. The maximum atomic E-state index is 13.1. The zero-order valence-electron chi connectivity index (χ0n) is 17.3. The summed E-state index contributed by atoms with van der Waals surface area (Å²) in [5.41, 5.74) is 9.13. The van der Waals surface area contributed by atoms with Crippen LogP contribution in [0, 0.1) is 0 Å². The fraction of sp³-hybridized carbons (Fsp3) is 0.182. The highest BCUT2D eigenvalue weighted by Gasteiger charge is 2.32. The van der Waals surface area contributed by atoms with Gasteiger partial charge in [0.15, 0.2) is 5.65 Å². The minimum absolute atomic E-state index is 0.172. The summed E-state index contributed by atoms with van der Waals surface area (Å²) in [6.45, 7) is 0.459. The Balaban J connectivity index is 1.43. The second-order valence-electron chi connectivity index (χ2n) is 7.27. The molecule has 0 saturated carbocycles. The molecule has 3 N–H and O–H groups in total. The van der Waals surface area contributed by atoms with Gasteiger partial charge in [-0.05, 0) is 23.8 Å². The molecule has 1 unspecified atom stereocenters. The molecule has 4 aromatic rings. The van der Waals surface area contributed by atoms with Crippen LogP contribution in [0.3, 0.4) is 0 Å². The smallest absolute Gasteiger partial charge is 0.346 e. The first kappa shape index (κ1) is 19.8. The third-order valence-corrected chi connectivity index (χ3v) is 5.21. The number of nitrogens with two attached hydrogens (primary N) is 1. The molecule has 2 amide bonds. The number of anilines is 2. The van der Waals surface area contributed by atoms with Gasteiger partial charge in [-0.1, -0.05) is 30.3 Å². The number of carbonyl (C=O) groups excluding carboxylic acids is 1. The fourth-order valence-corrected chi connectivity index (χ4v) is 3.72. The Labute approximate surface area is 183 Å². The van der Waals surface area contributed by atoms with Gasteiger partial charge in [-0.3, -0.25) is 4.84 Å². The molecule has 1 atom stereocenters. The summed E-state index contributed by atoms with van der Waals surface area (Å²) in [6.07, 6.45) is 3.97. The Bertz CT molecular complexity index is 1280. The van der Waals surface area contributed by atoms with Gasteiger partial charge in [0.2, 0.25) is 5.88 Å². The van der Waals surface area contributed by atoms with E-state index in [9.17, 15) is 4.79 Å². The molecule has 0 bridgehead atoms. The summed E-state index contributed by atoms with van der Waals surface area (Å²) in [5, 5.41) is 8.74. The molecule has 10 heteroatoms. The van der Waals surface area contributed by atoms with E-state index in [0.29, 0.717) is 41.4 Å². The molecule has 1 aromatic carbocycles. The van der Waals surface area contributed by atoms with Crippen LogP contribution < -0.4 is 15.8 Å². The molecular weight excluding hydrogens is 410 g/mol. The van der Waals surface area contributed by atoms with Crippen molar-refractivity contribution in [2.75, 3.05) is 24.8 Å². The van der Waals surface area contributed by atoms with Crippen LogP contribution in [0.1, 0.15) is 18.0 Å². The van der Waals surface area contributed by atoms with Crippen LogP contribution in [0.5, 0.6) is 5.88 Å². The van der Waals surface area contributed by atoms with Crippen LogP contribution in [0.4, 0.5) is 16.3 Å². The fourth-order valence-electron chi connectivity index (χ4n) is 3.72. The van der Waals surface area contributed by atoms with Crippen molar-refractivity contribution >= 4 is 23.2 Å². The van der Waals surface area contributed by atoms with Crippen molar-refractivity contribution in [3.05, 3.63) is 66.5 Å². The van der Waals surface area contributed by atoms with Gasteiger partial charge in [0.05, 0.1) is 31.6 Å². The summed E-state index contributed by atoms with van der Waals surface area (Å²) < 4.78 is 6.94. The number of benzene rings is 1. The van der Waals surface area contributed by atoms with E-state index in [2.05, 4.69) is 20.4 Å². The van der Waals surface area contributed by atoms with Crippen molar-refractivity contribution in [1.29, 1.82) is 0 Å². The third-order valence-electron chi connectivity index (χ3n) is 5.21. The normalized spacial score (nSPS) is 15.8. The van der Waals surface area contributed by atoms with Gasteiger partial charge in [-0.2, -0.15) is 10.2 Å². The number of hydroxylamine groups is 2. The standard InChI is InChI=1S/C22H21N7O3/c1-31-21-17(25-22(30)29-18(9-10-32-29)14-5-3-2-4-6-14)11-15(12-24-21)16-7-8-20-26-19(23)13-28(20)27-16/h2-8,11-13,18H,9-10,23H2,1H3,(H,25,30). The number of hydrogen-bond donors (Lipinski definition) is 2. The molecule has 0 spiro atoms. The molecule has 32 heavy (non-hydrogen) atoms. The summed E-state index contributed by atoms with van der Waals surface area (Å²) in [4.78, 5) is 27.2. The molecule has 10 nitrogen and oxygen atoms in total. The number of amides is 2. The maximum Gasteiger partial charge on any atom is 0.346 e. The van der Waals surface area contributed by atoms with E-state index in [1.54, 1.807) is 23.0 Å². The van der Waals surface area contributed by atoms with Crippen LogP contribution in [0.15, 0.2) is 60.9 Å². The van der Waals surface area contributed by atoms with E-state index in [-0.39, 0.29) is 11.9 Å². The van der Waals surface area contributed by atoms with Crippen molar-refractivity contribution in [3.8, 4) is 17.1 Å². The number of aromatic nitrogens is 4. The zero-order valence-corrected chi connectivity index (χ0v) is 17.3. The topological polar surface area (TPSA) is 120 Å². The van der Waals surface area contributed by atoms with Gasteiger partial charge in [-0.25, -0.2) is 19.3 Å². The highest BCUT2D eigenvalue weighted by atomic mass is 16.7. The van der Waals surface area contributed by atoms with Crippen molar-refractivity contribution < 1.29 is 14.4 Å². The maximum absolute atomic E-state index is 13.1. The summed E-state index contributed by atoms with van der Waals surface area (Å²) in [7, 11) is 1.50. The van der Waals surface area contributed by atoms with Crippen molar-refractivity contribution in [3.63, 3.8) is 0 Å². The predicted molar refractivity (Wildman–Crippen MR) is 118 cm³/mol. The third kappa shape index (κ3) is 3.67. The molecule has 1 saturated heterocycles. The van der Waals surface area contributed by atoms with E-state index < -0.39 is 6.03 Å². The average molecular weight is 431 g/mol. The SMILES string of the molecule is COc1ncc(-c2ccc3nc(N)cn3n2)cc1NC(=O)N1OCCC1c1ccccc1. The molecule has 162 valence electrons. The van der Waals surface area contributed by atoms with Crippen molar-refractivity contribution in [2.24, 2.45) is 0 Å². The molecule has 5 rings (SSSR count). The largest absolute Gasteiger partial charge is 0.480 e. The van der Waals surface area contributed by atoms with E-state index >= 15 is 0 Å². The number of nitrogens with one attached hydrogen (secondary N) is 1. The van der Waals surface area contributed by atoms with Crippen LogP contribution >= 0.6 is 0 Å². The van der Waals surface area contributed by atoms with Crippen LogP contribution in [0.2, 0.25) is 0 Å². The van der Waals surface area contributed by atoms with E-state index in [1.807, 2.05) is 42.5 Å². The van der Waals surface area contributed by atoms with Gasteiger partial charge in [0.25, 0.3) is 0 Å². The Morgan fingerprint density at radius 2 is 2.09 bits per heavy atom. The van der Waals surface area contributed by atoms with E-state index in [4.69, 9.17) is 15.3 Å². The predicted octanol–water partition coefficient (Wildman–Crippen LogP) is 3.29. The second kappa shape index (κ2) is 8.16. The number of urea groups is 1. The lowest BCUT2D eigenvalue weighted by atomic mass is 10.1. The summed E-state index contributed by atoms with van der Waals surface area (Å²) in [6, 6.07) is 14.6. The van der Waals surface area contributed by atoms with Gasteiger partial charge in [-0.15, -0.1) is 0 Å². The molecule has 3 aromatic heterocycles. The minimum atomic E-state index is -0.403. The Hall–Kier alpha value is -4.18. The molecule has 4 heterocycles. The van der Waals surface area contributed by atoms with Gasteiger partial charge in [0.1, 0.15) is 11.5 Å². The number of methoxy groups -OCH3 is 1. The van der Waals surface area contributed by atoms with Crippen LogP contribution in [0.25, 0.3) is 16.9 Å². The number of nitrogens with zero attached hydrogens (tertiary/aromatic N) is 5. The Kier molecular flexibility index (Phi) is 5.04. The summed E-state index contributed by atoms with van der Waals surface area (Å²) in [5.74, 6) is 0.666. The molecular formula is C22H21N7O3. The number of pyridine rings is 1. The Morgan fingerprint density at radius 1 is 1.25 bits per heavy atom. The summed E-state index contributed by atoms with van der Waals surface area (Å²) >= 11 is 0. The number of rotatable bonds is 4. The minimum Gasteiger partial charge on any atom is -0.480 e. The molecule has 0 radical (unpaired) electrons. The van der Waals surface area contributed by atoms with E-state index in [0.717, 1.165) is 5.56 Å². The molecule has 1 aliphatic rings. The van der Waals surface area contributed by atoms with E-state index in [1.165, 1.54) is 12.2 Å². The number of carbonyl (C=O) groups is 1. The van der Waals surface area contributed by atoms with Crippen LogP contribution in [-0.4, -0.2) is 44.4 Å². The quantitative estimate of drug-likeness (QED) is 0.509. The van der Waals surface area contributed by atoms with Gasteiger partial charge >= 0.3 is 6.03 Å². The Morgan fingerprint density at radius 3 is 2.91 bits per heavy atom. The zero-order chi connectivity index (χ0) is 22.1. The number of ether oxygens (including phenoxy) is 1. The monoisotopic (exact) mass is 431 g/mol. The molecule has 1 aliphatic heterocycles. The number of fused-ring (bicyclic) bond motifs is 1. The van der Waals surface area contributed by atoms with Crippen LogP contribution in [-0.2, 0) is 4.84 Å². The number of hydrogen-bond acceptors (Lipinski definition) is 7. The number of imidazole rings is 1. The first-order chi connectivity index (χ1) is 15.6. The van der Waals surface area contributed by atoms with Crippen molar-refractivity contribution in [1.82, 2.24) is 24.6 Å². The van der Waals surface area contributed by atoms with Gasteiger partial charge in [0, 0.05) is 18.2 Å². The lowest BCUT2D eigenvalue weighted by molar-refractivity contribution is -0.0830. The highest BCUT2D eigenvalue weighted by molar-refractivity contribution is 5.91. The van der Waals surface area contributed by atoms with Crippen molar-refractivity contribution in [2.45, 2.75) is 12.5 Å². The first-order valence-electron chi connectivity index (χ1n) is 10.1. The highest BCUT2D eigenvalue weighted by Crippen LogP contribution is 2.32. The lowest BCUT2D eigenvalue weighted by Gasteiger charge is -2.23. The molecule has 1 fully saturated rings. The van der Waals surface area contributed by atoms with Gasteiger partial charge < -0.3 is 15.8 Å². The number of nitrogen functional groups attached to an aromatic ring is 1.